The highest BCUT2D eigenvalue weighted by atomic mass is 14.2. The fourth-order valence-corrected chi connectivity index (χ4v) is 5.40. The van der Waals surface area contributed by atoms with Crippen molar-refractivity contribution in [3.05, 3.63) is 120 Å². The average molecular weight is 409 g/mol. The fraction of sp³-hybridized carbons (Fsp3) is 0.0625. The quantitative estimate of drug-likeness (QED) is 0.251. The molecule has 0 radical (unpaired) electrons. The molecule has 6 aromatic rings. The molecule has 0 heteroatoms. The molecule has 0 unspecified atom stereocenters. The lowest BCUT2D eigenvalue weighted by Gasteiger charge is -2.22. The second-order valence-electron chi connectivity index (χ2n) is 8.57. The van der Waals surface area contributed by atoms with Gasteiger partial charge in [0.15, 0.2) is 0 Å². The van der Waals surface area contributed by atoms with Gasteiger partial charge in [0.05, 0.1) is 0 Å². The van der Waals surface area contributed by atoms with Gasteiger partial charge in [-0.1, -0.05) is 109 Å². The van der Waals surface area contributed by atoms with E-state index in [1.165, 1.54) is 65.7 Å². The molecule has 0 saturated carbocycles. The molecule has 152 valence electrons. The molecule has 0 bridgehead atoms. The summed E-state index contributed by atoms with van der Waals surface area (Å²) < 4.78 is 0. The van der Waals surface area contributed by atoms with E-state index < -0.39 is 0 Å². The zero-order valence-electron chi connectivity index (χ0n) is 18.4. The minimum atomic E-state index is 1.27. The largest absolute Gasteiger partial charge is 0.0622 e. The lowest BCUT2D eigenvalue weighted by molar-refractivity contribution is 1.53. The van der Waals surface area contributed by atoms with E-state index >= 15 is 0 Å². The van der Waals surface area contributed by atoms with Crippen LogP contribution in [-0.2, 0) is 0 Å². The minimum absolute atomic E-state index is 1.27. The number of aryl methyl sites for hydroxylation is 2. The van der Waals surface area contributed by atoms with Crippen molar-refractivity contribution in [1.29, 1.82) is 0 Å². The summed E-state index contributed by atoms with van der Waals surface area (Å²) in [6.45, 7) is 4.58. The van der Waals surface area contributed by atoms with Crippen molar-refractivity contribution in [2.24, 2.45) is 0 Å². The Hall–Kier alpha value is -3.90. The zero-order chi connectivity index (χ0) is 21.7. The molecule has 32 heavy (non-hydrogen) atoms. The zero-order valence-corrected chi connectivity index (χ0v) is 18.4. The second-order valence-corrected chi connectivity index (χ2v) is 8.57. The Balaban J connectivity index is 1.98. The summed E-state index contributed by atoms with van der Waals surface area (Å²) in [5, 5.41) is 8.02. The molecule has 0 aromatic heterocycles. The molecule has 6 rings (SSSR count). The number of benzene rings is 6. The van der Waals surface area contributed by atoms with Gasteiger partial charge in [-0.2, -0.15) is 0 Å². The molecular formula is C32H24. The van der Waals surface area contributed by atoms with Crippen molar-refractivity contribution in [2.75, 3.05) is 0 Å². The van der Waals surface area contributed by atoms with E-state index in [-0.39, 0.29) is 0 Å². The van der Waals surface area contributed by atoms with Gasteiger partial charge in [0, 0.05) is 0 Å². The van der Waals surface area contributed by atoms with Crippen LogP contribution in [0, 0.1) is 13.8 Å². The molecule has 0 fully saturated rings. The summed E-state index contributed by atoms with van der Waals surface area (Å²) in [5.74, 6) is 0. The first-order chi connectivity index (χ1) is 15.8. The Labute approximate surface area is 188 Å². The second kappa shape index (κ2) is 7.35. The summed E-state index contributed by atoms with van der Waals surface area (Å²) in [7, 11) is 0. The van der Waals surface area contributed by atoms with E-state index in [9.17, 15) is 0 Å². The number of hydrogen-bond donors (Lipinski definition) is 0. The standard InChI is InChI=1S/C32H24/c1-21-25-17-9-11-19-27(25)32(24-15-7-4-8-16-24)30-22(2)26-18-10-12-20-28(26)31(29(21)30)23-13-5-3-6-14-23/h3-20H,1-2H3. The molecule has 0 atom stereocenters. The van der Waals surface area contributed by atoms with Gasteiger partial charge in [-0.15, -0.1) is 0 Å². The van der Waals surface area contributed by atoms with E-state index in [1.54, 1.807) is 0 Å². The van der Waals surface area contributed by atoms with E-state index in [0.717, 1.165) is 0 Å². The monoisotopic (exact) mass is 408 g/mol. The Kier molecular flexibility index (Phi) is 4.33. The molecule has 0 nitrogen and oxygen atoms in total. The lowest BCUT2D eigenvalue weighted by Crippen LogP contribution is -1.96. The molecule has 0 N–H and O–H groups in total. The maximum Gasteiger partial charge on any atom is -0.00235 e. The summed E-state index contributed by atoms with van der Waals surface area (Å²) >= 11 is 0. The first kappa shape index (κ1) is 18.8. The maximum absolute atomic E-state index is 2.29. The third-order valence-electron chi connectivity index (χ3n) is 6.83. The van der Waals surface area contributed by atoms with Crippen molar-refractivity contribution in [1.82, 2.24) is 0 Å². The van der Waals surface area contributed by atoms with Crippen LogP contribution in [0.2, 0.25) is 0 Å². The van der Waals surface area contributed by atoms with Crippen molar-refractivity contribution in [3.63, 3.8) is 0 Å². The topological polar surface area (TPSA) is 0 Å². The normalized spacial score (nSPS) is 11.4. The van der Waals surface area contributed by atoms with Crippen LogP contribution >= 0.6 is 0 Å². The van der Waals surface area contributed by atoms with E-state index in [1.807, 2.05) is 0 Å². The Bertz CT molecular complexity index is 1480. The van der Waals surface area contributed by atoms with Gasteiger partial charge in [0.1, 0.15) is 0 Å². The van der Waals surface area contributed by atoms with Crippen molar-refractivity contribution in [2.45, 2.75) is 13.8 Å². The van der Waals surface area contributed by atoms with Gasteiger partial charge >= 0.3 is 0 Å². The molecular weight excluding hydrogens is 384 g/mol. The molecule has 0 amide bonds. The number of fused-ring (bicyclic) bond motifs is 3. The number of hydrogen-bond acceptors (Lipinski definition) is 0. The first-order valence-electron chi connectivity index (χ1n) is 11.2. The Morgan fingerprint density at radius 3 is 1.03 bits per heavy atom. The average Bonchev–Trinajstić information content (AvgIpc) is 2.86. The Morgan fingerprint density at radius 2 is 0.656 bits per heavy atom. The molecule has 0 aliphatic heterocycles. The maximum atomic E-state index is 2.29. The highest BCUT2D eigenvalue weighted by Gasteiger charge is 2.21. The smallest absolute Gasteiger partial charge is 0.00235 e. The minimum Gasteiger partial charge on any atom is -0.0622 e. The first-order valence-corrected chi connectivity index (χ1v) is 11.2. The third kappa shape index (κ3) is 2.70. The van der Waals surface area contributed by atoms with Crippen LogP contribution in [0.3, 0.4) is 0 Å². The molecule has 0 heterocycles. The van der Waals surface area contributed by atoms with Gasteiger partial charge < -0.3 is 0 Å². The third-order valence-corrected chi connectivity index (χ3v) is 6.83. The van der Waals surface area contributed by atoms with E-state index in [2.05, 4.69) is 123 Å². The summed E-state index contributed by atoms with van der Waals surface area (Å²) in [6.07, 6.45) is 0. The summed E-state index contributed by atoms with van der Waals surface area (Å²) in [6, 6.07) is 39.5. The molecule has 0 saturated heterocycles. The Morgan fingerprint density at radius 1 is 0.344 bits per heavy atom. The fourth-order valence-electron chi connectivity index (χ4n) is 5.40. The van der Waals surface area contributed by atoms with E-state index in [0.29, 0.717) is 0 Å². The predicted molar refractivity (Wildman–Crippen MR) is 139 cm³/mol. The van der Waals surface area contributed by atoms with Crippen LogP contribution in [0.5, 0.6) is 0 Å². The molecule has 0 spiro atoms. The van der Waals surface area contributed by atoms with Gasteiger partial charge in [0.25, 0.3) is 0 Å². The van der Waals surface area contributed by atoms with Crippen LogP contribution < -0.4 is 0 Å². The molecule has 0 aliphatic rings. The van der Waals surface area contributed by atoms with Gasteiger partial charge in [-0.05, 0) is 79.5 Å². The highest BCUT2D eigenvalue weighted by molar-refractivity contribution is 6.25. The predicted octanol–water partition coefficient (Wildman–Crippen LogP) is 9.10. The van der Waals surface area contributed by atoms with Crippen LogP contribution in [0.4, 0.5) is 0 Å². The number of rotatable bonds is 2. The van der Waals surface area contributed by atoms with E-state index in [4.69, 9.17) is 0 Å². The molecule has 6 aromatic carbocycles. The van der Waals surface area contributed by atoms with Gasteiger partial charge in [-0.25, -0.2) is 0 Å². The van der Waals surface area contributed by atoms with Crippen molar-refractivity contribution < 1.29 is 0 Å². The van der Waals surface area contributed by atoms with Crippen LogP contribution in [0.1, 0.15) is 11.1 Å². The van der Waals surface area contributed by atoms with Crippen LogP contribution in [0.25, 0.3) is 54.6 Å². The van der Waals surface area contributed by atoms with Crippen molar-refractivity contribution in [3.8, 4) is 22.3 Å². The van der Waals surface area contributed by atoms with Crippen LogP contribution in [0.15, 0.2) is 109 Å². The van der Waals surface area contributed by atoms with Crippen molar-refractivity contribution >= 4 is 32.3 Å². The summed E-state index contributed by atoms with van der Waals surface area (Å²) in [4.78, 5) is 0. The van der Waals surface area contributed by atoms with Gasteiger partial charge in [0.2, 0.25) is 0 Å². The lowest BCUT2D eigenvalue weighted by atomic mass is 9.81. The molecule has 0 aliphatic carbocycles. The SMILES string of the molecule is Cc1c2ccccc2c(-c2ccccc2)c2c(C)c3ccccc3c(-c3ccccc3)c12. The van der Waals surface area contributed by atoms with Gasteiger partial charge in [-0.3, -0.25) is 0 Å². The summed E-state index contributed by atoms with van der Waals surface area (Å²) in [5.41, 5.74) is 7.91. The van der Waals surface area contributed by atoms with Crippen LogP contribution in [-0.4, -0.2) is 0 Å². The highest BCUT2D eigenvalue weighted by Crippen LogP contribution is 2.47.